The first-order valence-electron chi connectivity index (χ1n) is 6.89. The van der Waals surface area contributed by atoms with E-state index >= 15 is 0 Å². The van der Waals surface area contributed by atoms with E-state index in [1.165, 1.54) is 6.07 Å². The van der Waals surface area contributed by atoms with Gasteiger partial charge < -0.3 is 9.64 Å². The Morgan fingerprint density at radius 2 is 2.15 bits per heavy atom. The Labute approximate surface area is 127 Å². The van der Waals surface area contributed by atoms with Crippen LogP contribution in [0, 0.1) is 23.1 Å². The SMILES string of the molecule is N#CC1CCN(CCCOc2c(F)cccc2Br)CC1. The van der Waals surface area contributed by atoms with E-state index in [1.54, 1.807) is 12.1 Å². The van der Waals surface area contributed by atoms with Gasteiger partial charge in [0.25, 0.3) is 0 Å². The molecule has 0 aromatic heterocycles. The van der Waals surface area contributed by atoms with Crippen LogP contribution in [0.1, 0.15) is 19.3 Å². The summed E-state index contributed by atoms with van der Waals surface area (Å²) in [7, 11) is 0. The van der Waals surface area contributed by atoms with Crippen molar-refractivity contribution in [2.24, 2.45) is 5.92 Å². The molecule has 1 aliphatic rings. The highest BCUT2D eigenvalue weighted by molar-refractivity contribution is 9.10. The van der Waals surface area contributed by atoms with Crippen molar-refractivity contribution in [2.75, 3.05) is 26.2 Å². The molecule has 0 unspecified atom stereocenters. The largest absolute Gasteiger partial charge is 0.489 e. The monoisotopic (exact) mass is 340 g/mol. The number of likely N-dealkylation sites (tertiary alicyclic amines) is 1. The highest BCUT2D eigenvalue weighted by Crippen LogP contribution is 2.27. The minimum Gasteiger partial charge on any atom is -0.489 e. The van der Waals surface area contributed by atoms with Crippen LogP contribution in [-0.2, 0) is 0 Å². The molecule has 3 nitrogen and oxygen atoms in total. The third-order valence-electron chi connectivity index (χ3n) is 3.55. The Bertz CT molecular complexity index is 461. The summed E-state index contributed by atoms with van der Waals surface area (Å²) in [5, 5.41) is 8.84. The Morgan fingerprint density at radius 1 is 1.40 bits per heavy atom. The fraction of sp³-hybridized carbons (Fsp3) is 0.533. The molecule has 108 valence electrons. The third-order valence-corrected chi connectivity index (χ3v) is 4.18. The molecular weight excluding hydrogens is 323 g/mol. The lowest BCUT2D eigenvalue weighted by molar-refractivity contribution is 0.186. The van der Waals surface area contributed by atoms with Gasteiger partial charge in [-0.3, -0.25) is 0 Å². The van der Waals surface area contributed by atoms with E-state index < -0.39 is 0 Å². The molecule has 1 aliphatic heterocycles. The molecule has 2 rings (SSSR count). The molecule has 0 radical (unpaired) electrons. The first-order chi connectivity index (χ1) is 9.70. The lowest BCUT2D eigenvalue weighted by atomic mass is 9.98. The second-order valence-corrected chi connectivity index (χ2v) is 5.85. The summed E-state index contributed by atoms with van der Waals surface area (Å²) in [6.45, 7) is 3.38. The van der Waals surface area contributed by atoms with Crippen molar-refractivity contribution in [1.29, 1.82) is 5.26 Å². The number of piperidine rings is 1. The molecule has 1 saturated heterocycles. The second-order valence-electron chi connectivity index (χ2n) is 5.00. The van der Waals surface area contributed by atoms with Crippen LogP contribution in [0.4, 0.5) is 4.39 Å². The highest BCUT2D eigenvalue weighted by Gasteiger charge is 2.18. The molecule has 0 aliphatic carbocycles. The maximum Gasteiger partial charge on any atom is 0.169 e. The van der Waals surface area contributed by atoms with Gasteiger partial charge in [-0.25, -0.2) is 4.39 Å². The van der Waals surface area contributed by atoms with E-state index in [2.05, 4.69) is 26.9 Å². The Hall–Kier alpha value is -1.12. The van der Waals surface area contributed by atoms with E-state index in [9.17, 15) is 4.39 Å². The topological polar surface area (TPSA) is 36.3 Å². The maximum absolute atomic E-state index is 13.5. The number of hydrogen-bond donors (Lipinski definition) is 0. The van der Waals surface area contributed by atoms with Crippen molar-refractivity contribution >= 4 is 15.9 Å². The van der Waals surface area contributed by atoms with Crippen molar-refractivity contribution in [3.8, 4) is 11.8 Å². The van der Waals surface area contributed by atoms with Gasteiger partial charge in [-0.2, -0.15) is 5.26 Å². The van der Waals surface area contributed by atoms with E-state index in [1.807, 2.05) is 0 Å². The quantitative estimate of drug-likeness (QED) is 0.768. The van der Waals surface area contributed by atoms with Crippen LogP contribution < -0.4 is 4.74 Å². The van der Waals surface area contributed by atoms with Crippen LogP contribution in [-0.4, -0.2) is 31.1 Å². The predicted octanol–water partition coefficient (Wildman–Crippen LogP) is 3.59. The first-order valence-corrected chi connectivity index (χ1v) is 7.69. The lowest BCUT2D eigenvalue weighted by Gasteiger charge is -2.28. The summed E-state index contributed by atoms with van der Waals surface area (Å²) in [6, 6.07) is 7.14. The van der Waals surface area contributed by atoms with E-state index in [4.69, 9.17) is 10.00 Å². The summed E-state index contributed by atoms with van der Waals surface area (Å²) in [4.78, 5) is 2.34. The molecular formula is C15H18BrFN2O. The van der Waals surface area contributed by atoms with Gasteiger partial charge in [-0.1, -0.05) is 6.07 Å². The minimum absolute atomic E-state index is 0.219. The average Bonchev–Trinajstić information content (AvgIpc) is 2.46. The second kappa shape index (κ2) is 7.61. The number of nitrogens with zero attached hydrogens (tertiary/aromatic N) is 2. The van der Waals surface area contributed by atoms with E-state index in [0.29, 0.717) is 11.1 Å². The molecule has 0 amide bonds. The molecule has 1 aromatic rings. The zero-order valence-electron chi connectivity index (χ0n) is 11.3. The number of hydrogen-bond acceptors (Lipinski definition) is 3. The molecule has 1 aromatic carbocycles. The van der Waals surface area contributed by atoms with Gasteiger partial charge in [0.15, 0.2) is 11.6 Å². The Morgan fingerprint density at radius 3 is 2.80 bits per heavy atom. The maximum atomic E-state index is 13.5. The smallest absolute Gasteiger partial charge is 0.169 e. The number of benzene rings is 1. The Kier molecular flexibility index (Phi) is 5.81. The normalized spacial score (nSPS) is 16.9. The molecule has 0 N–H and O–H groups in total. The standard InChI is InChI=1S/C15H18BrFN2O/c16-13-3-1-4-14(17)15(13)20-10-2-7-19-8-5-12(11-18)6-9-19/h1,3-4,12H,2,5-10H2. The van der Waals surface area contributed by atoms with Crippen molar-refractivity contribution in [3.05, 3.63) is 28.5 Å². The van der Waals surface area contributed by atoms with Gasteiger partial charge in [-0.15, -0.1) is 0 Å². The fourth-order valence-corrected chi connectivity index (χ4v) is 2.82. The van der Waals surface area contributed by atoms with Crippen LogP contribution >= 0.6 is 15.9 Å². The van der Waals surface area contributed by atoms with Crippen molar-refractivity contribution in [3.63, 3.8) is 0 Å². The predicted molar refractivity (Wildman–Crippen MR) is 79.0 cm³/mol. The number of ether oxygens (including phenoxy) is 1. The van der Waals surface area contributed by atoms with Crippen LogP contribution in [0.3, 0.4) is 0 Å². The van der Waals surface area contributed by atoms with Crippen molar-refractivity contribution < 1.29 is 9.13 Å². The van der Waals surface area contributed by atoms with Crippen LogP contribution in [0.25, 0.3) is 0 Å². The van der Waals surface area contributed by atoms with E-state index in [-0.39, 0.29) is 17.5 Å². The van der Waals surface area contributed by atoms with Gasteiger partial charge in [0.1, 0.15) is 0 Å². The molecule has 0 spiro atoms. The van der Waals surface area contributed by atoms with Gasteiger partial charge >= 0.3 is 0 Å². The number of nitriles is 1. The molecule has 20 heavy (non-hydrogen) atoms. The van der Waals surface area contributed by atoms with Crippen LogP contribution in [0.15, 0.2) is 22.7 Å². The first kappa shape index (κ1) is 15.3. The summed E-state index contributed by atoms with van der Waals surface area (Å²) in [5.74, 6) is 0.168. The number of halogens is 2. The Balaban J connectivity index is 1.69. The third kappa shape index (κ3) is 4.19. The summed E-state index contributed by atoms with van der Waals surface area (Å²) in [6.07, 6.45) is 2.77. The van der Waals surface area contributed by atoms with Gasteiger partial charge in [0.05, 0.1) is 17.1 Å². The van der Waals surface area contributed by atoms with E-state index in [0.717, 1.165) is 38.9 Å². The summed E-state index contributed by atoms with van der Waals surface area (Å²) < 4.78 is 19.7. The number of rotatable bonds is 5. The van der Waals surface area contributed by atoms with Crippen LogP contribution in [0.5, 0.6) is 5.75 Å². The lowest BCUT2D eigenvalue weighted by Crippen LogP contribution is -2.34. The fourth-order valence-electron chi connectivity index (χ4n) is 2.37. The summed E-state index contributed by atoms with van der Waals surface area (Å²) in [5.41, 5.74) is 0. The molecule has 1 fully saturated rings. The van der Waals surface area contributed by atoms with Crippen molar-refractivity contribution in [2.45, 2.75) is 19.3 Å². The zero-order chi connectivity index (χ0) is 14.4. The molecule has 5 heteroatoms. The molecule has 0 saturated carbocycles. The van der Waals surface area contributed by atoms with Crippen LogP contribution in [0.2, 0.25) is 0 Å². The molecule has 1 heterocycles. The molecule has 0 atom stereocenters. The average molecular weight is 341 g/mol. The number of para-hydroxylation sites is 1. The van der Waals surface area contributed by atoms with Gasteiger partial charge in [-0.05, 0) is 60.4 Å². The minimum atomic E-state index is -0.339. The highest BCUT2D eigenvalue weighted by atomic mass is 79.9. The molecule has 0 bridgehead atoms. The summed E-state index contributed by atoms with van der Waals surface area (Å²) >= 11 is 3.28. The van der Waals surface area contributed by atoms with Crippen molar-refractivity contribution in [1.82, 2.24) is 4.90 Å². The van der Waals surface area contributed by atoms with Gasteiger partial charge in [0.2, 0.25) is 0 Å². The van der Waals surface area contributed by atoms with Gasteiger partial charge in [0, 0.05) is 12.5 Å². The zero-order valence-corrected chi connectivity index (χ0v) is 12.9.